The Morgan fingerprint density at radius 2 is 1.86 bits per heavy atom. The molecule has 3 rings (SSSR count). The number of hydrogen-bond acceptors (Lipinski definition) is 5. The third-order valence-electron chi connectivity index (χ3n) is 3.72. The van der Waals surface area contributed by atoms with Gasteiger partial charge in [-0.15, -0.1) is 5.10 Å². The number of halogens is 2. The van der Waals surface area contributed by atoms with Gasteiger partial charge in [0.15, 0.2) is 24.0 Å². The van der Waals surface area contributed by atoms with Gasteiger partial charge in [-0.25, -0.2) is 18.3 Å². The summed E-state index contributed by atoms with van der Waals surface area (Å²) < 4.78 is 32.4. The van der Waals surface area contributed by atoms with Gasteiger partial charge in [-0.2, -0.15) is 0 Å². The monoisotopic (exact) mass is 383 g/mol. The second-order valence-corrected chi connectivity index (χ2v) is 5.82. The second-order valence-electron chi connectivity index (χ2n) is 5.82. The number of carbonyl (C=O) groups excluding carboxylic acids is 2. The molecule has 0 N–H and O–H groups in total. The number of rotatable bonds is 7. The van der Waals surface area contributed by atoms with Crippen molar-refractivity contribution in [3.8, 4) is 0 Å². The second kappa shape index (κ2) is 8.81. The highest BCUT2D eigenvalue weighted by molar-refractivity contribution is 5.98. The Labute approximate surface area is 159 Å². The van der Waals surface area contributed by atoms with Crippen LogP contribution >= 0.6 is 0 Å². The lowest BCUT2D eigenvalue weighted by Crippen LogP contribution is -2.13. The summed E-state index contributed by atoms with van der Waals surface area (Å²) in [7, 11) is 0. The van der Waals surface area contributed by atoms with Crippen molar-refractivity contribution in [2.24, 2.45) is 0 Å². The zero-order chi connectivity index (χ0) is 19.9. The van der Waals surface area contributed by atoms with Gasteiger partial charge in [0.1, 0.15) is 5.69 Å². The fraction of sp³-hybridized carbons (Fsp3) is 0.100. The number of Topliss-reactive ketones (excluding diaryl/α,β-unsaturated/α-hetero) is 1. The number of nitrogens with zero attached hydrogens (tertiary/aromatic N) is 3. The zero-order valence-corrected chi connectivity index (χ0v) is 14.6. The predicted octanol–water partition coefficient (Wildman–Crippen LogP) is 3.04. The van der Waals surface area contributed by atoms with Gasteiger partial charge in [-0.3, -0.25) is 4.79 Å². The lowest BCUT2D eigenvalue weighted by atomic mass is 10.1. The first kappa shape index (κ1) is 19.1. The molecule has 6 nitrogen and oxygen atoms in total. The highest BCUT2D eigenvalue weighted by atomic mass is 19.2. The zero-order valence-electron chi connectivity index (χ0n) is 14.6. The number of aromatic nitrogens is 3. The minimum absolute atomic E-state index is 0.0838. The van der Waals surface area contributed by atoms with E-state index in [4.69, 9.17) is 4.74 Å². The number of ketones is 1. The first-order chi connectivity index (χ1) is 13.5. The largest absolute Gasteiger partial charge is 0.454 e. The van der Waals surface area contributed by atoms with E-state index in [0.717, 1.165) is 29.8 Å². The van der Waals surface area contributed by atoms with E-state index < -0.39 is 30.0 Å². The first-order valence-corrected chi connectivity index (χ1v) is 8.28. The summed E-state index contributed by atoms with van der Waals surface area (Å²) in [6.45, 7) is -0.0518. The average Bonchev–Trinajstić information content (AvgIpc) is 3.14. The molecule has 1 heterocycles. The summed E-state index contributed by atoms with van der Waals surface area (Å²) in [5, 5.41) is 7.88. The van der Waals surface area contributed by atoms with Crippen LogP contribution in [0.5, 0.6) is 0 Å². The number of ether oxygens (including phenoxy) is 1. The number of esters is 1. The fourth-order valence-electron chi connectivity index (χ4n) is 2.33. The maximum Gasteiger partial charge on any atom is 0.331 e. The minimum Gasteiger partial charge on any atom is -0.454 e. The number of carbonyl (C=O) groups is 2. The van der Waals surface area contributed by atoms with Crippen LogP contribution in [0.1, 0.15) is 21.6 Å². The molecular formula is C20H15F2N3O3. The van der Waals surface area contributed by atoms with Crippen molar-refractivity contribution in [1.29, 1.82) is 0 Å². The highest BCUT2D eigenvalue weighted by Crippen LogP contribution is 2.09. The predicted molar refractivity (Wildman–Crippen MR) is 96.2 cm³/mol. The Morgan fingerprint density at radius 1 is 1.07 bits per heavy atom. The molecular weight excluding hydrogens is 368 g/mol. The third-order valence-corrected chi connectivity index (χ3v) is 3.72. The topological polar surface area (TPSA) is 74.1 Å². The molecule has 0 fully saturated rings. The molecule has 0 saturated carbocycles. The summed E-state index contributed by atoms with van der Waals surface area (Å²) in [6, 6.07) is 12.4. The molecule has 0 spiro atoms. The minimum atomic E-state index is -1.14. The molecule has 0 bridgehead atoms. The van der Waals surface area contributed by atoms with Crippen molar-refractivity contribution in [1.82, 2.24) is 15.0 Å². The van der Waals surface area contributed by atoms with Gasteiger partial charge < -0.3 is 4.74 Å². The van der Waals surface area contributed by atoms with Gasteiger partial charge in [-0.05, 0) is 29.8 Å². The van der Waals surface area contributed by atoms with Crippen molar-refractivity contribution >= 4 is 17.8 Å². The molecule has 0 amide bonds. The van der Waals surface area contributed by atoms with Crippen LogP contribution < -0.4 is 0 Å². The standard InChI is InChI=1S/C20H15F2N3O3/c21-17-8-6-15(10-18(17)22)19(26)13-28-20(27)9-7-16-12-25(24-23-16)11-14-4-2-1-3-5-14/h1-10,12H,11,13H2/b9-7+. The molecule has 0 aliphatic carbocycles. The normalized spacial score (nSPS) is 10.9. The summed E-state index contributed by atoms with van der Waals surface area (Å²) in [4.78, 5) is 23.6. The Kier molecular flexibility index (Phi) is 6.01. The summed E-state index contributed by atoms with van der Waals surface area (Å²) in [6.07, 6.45) is 4.16. The van der Waals surface area contributed by atoms with Crippen LogP contribution in [0.3, 0.4) is 0 Å². The first-order valence-electron chi connectivity index (χ1n) is 8.28. The van der Waals surface area contributed by atoms with Crippen molar-refractivity contribution in [2.75, 3.05) is 6.61 Å². The van der Waals surface area contributed by atoms with Crippen LogP contribution in [-0.4, -0.2) is 33.4 Å². The van der Waals surface area contributed by atoms with Crippen LogP contribution in [-0.2, 0) is 16.1 Å². The van der Waals surface area contributed by atoms with Crippen molar-refractivity contribution in [3.63, 3.8) is 0 Å². The molecule has 0 unspecified atom stereocenters. The molecule has 0 atom stereocenters. The van der Waals surface area contributed by atoms with E-state index in [0.29, 0.717) is 12.2 Å². The van der Waals surface area contributed by atoms with Crippen LogP contribution in [0.25, 0.3) is 6.08 Å². The highest BCUT2D eigenvalue weighted by Gasteiger charge is 2.11. The summed E-state index contributed by atoms with van der Waals surface area (Å²) in [5.74, 6) is -3.62. The van der Waals surface area contributed by atoms with E-state index in [1.54, 1.807) is 10.9 Å². The Morgan fingerprint density at radius 3 is 2.61 bits per heavy atom. The van der Waals surface area contributed by atoms with E-state index in [1.807, 2.05) is 30.3 Å². The molecule has 142 valence electrons. The van der Waals surface area contributed by atoms with E-state index in [2.05, 4.69) is 10.3 Å². The number of hydrogen-bond donors (Lipinski definition) is 0. The number of benzene rings is 2. The lowest BCUT2D eigenvalue weighted by Gasteiger charge is -2.02. The Bertz CT molecular complexity index is 1020. The van der Waals surface area contributed by atoms with Gasteiger partial charge in [0, 0.05) is 11.6 Å². The van der Waals surface area contributed by atoms with Gasteiger partial charge in [0.25, 0.3) is 0 Å². The lowest BCUT2D eigenvalue weighted by molar-refractivity contribution is -0.136. The smallest absolute Gasteiger partial charge is 0.331 e. The molecule has 0 saturated heterocycles. The summed E-state index contributed by atoms with van der Waals surface area (Å²) in [5.41, 5.74) is 1.41. The molecule has 1 aromatic heterocycles. The molecule has 8 heteroatoms. The maximum atomic E-state index is 13.1. The van der Waals surface area contributed by atoms with Crippen molar-refractivity contribution < 1.29 is 23.1 Å². The SMILES string of the molecule is O=C(/C=C/c1cn(Cc2ccccc2)nn1)OCC(=O)c1ccc(F)c(F)c1. The fourth-order valence-corrected chi connectivity index (χ4v) is 2.33. The maximum absolute atomic E-state index is 13.1. The van der Waals surface area contributed by atoms with Crippen LogP contribution in [0.15, 0.2) is 60.8 Å². The molecule has 3 aromatic rings. The molecule has 0 aliphatic heterocycles. The quantitative estimate of drug-likeness (QED) is 0.356. The van der Waals surface area contributed by atoms with Gasteiger partial charge >= 0.3 is 5.97 Å². The van der Waals surface area contributed by atoms with E-state index >= 15 is 0 Å². The summed E-state index contributed by atoms with van der Waals surface area (Å²) >= 11 is 0. The van der Waals surface area contributed by atoms with E-state index in [-0.39, 0.29) is 5.56 Å². The van der Waals surface area contributed by atoms with Crippen LogP contribution in [0, 0.1) is 11.6 Å². The molecule has 0 radical (unpaired) electrons. The van der Waals surface area contributed by atoms with Crippen LogP contribution in [0.4, 0.5) is 8.78 Å². The Balaban J connectivity index is 1.51. The van der Waals surface area contributed by atoms with E-state index in [1.165, 1.54) is 6.08 Å². The van der Waals surface area contributed by atoms with Crippen molar-refractivity contribution in [3.05, 3.63) is 89.3 Å². The van der Waals surface area contributed by atoms with Crippen molar-refractivity contribution in [2.45, 2.75) is 6.54 Å². The van der Waals surface area contributed by atoms with Crippen LogP contribution in [0.2, 0.25) is 0 Å². The molecule has 2 aromatic carbocycles. The third kappa shape index (κ3) is 5.16. The Hall–Kier alpha value is -3.68. The van der Waals surface area contributed by atoms with Gasteiger partial charge in [0.05, 0.1) is 12.7 Å². The average molecular weight is 383 g/mol. The van der Waals surface area contributed by atoms with Gasteiger partial charge in [-0.1, -0.05) is 35.5 Å². The molecule has 28 heavy (non-hydrogen) atoms. The van der Waals surface area contributed by atoms with E-state index in [9.17, 15) is 18.4 Å². The van der Waals surface area contributed by atoms with Gasteiger partial charge in [0.2, 0.25) is 0 Å². The molecule has 0 aliphatic rings.